The van der Waals surface area contributed by atoms with Crippen LogP contribution in [0.5, 0.6) is 0 Å². The molecular formula is C45H71NO7. The fourth-order valence-corrected chi connectivity index (χ4v) is 14.0. The van der Waals surface area contributed by atoms with Gasteiger partial charge in [-0.25, -0.2) is 0 Å². The van der Waals surface area contributed by atoms with Crippen molar-refractivity contribution in [3.8, 4) is 0 Å². The number of esters is 1. The molecule has 53 heavy (non-hydrogen) atoms. The fraction of sp³-hybridized carbons (Fsp3) is 0.867. The van der Waals surface area contributed by atoms with Gasteiger partial charge in [-0.1, -0.05) is 80.2 Å². The summed E-state index contributed by atoms with van der Waals surface area (Å²) in [6.07, 6.45) is 11.7. The van der Waals surface area contributed by atoms with Crippen molar-refractivity contribution < 1.29 is 34.1 Å². The number of fused-ring (bicyclic) bond motifs is 7. The first-order chi connectivity index (χ1) is 24.5. The van der Waals surface area contributed by atoms with E-state index in [0.29, 0.717) is 12.3 Å². The van der Waals surface area contributed by atoms with Crippen molar-refractivity contribution in [1.82, 2.24) is 5.32 Å². The Morgan fingerprint density at radius 3 is 2.11 bits per heavy atom. The van der Waals surface area contributed by atoms with Crippen molar-refractivity contribution in [3.63, 3.8) is 0 Å². The number of aliphatic hydroxyl groups is 1. The number of carbonyl (C=O) groups is 4. The van der Waals surface area contributed by atoms with Crippen LogP contribution in [-0.2, 0) is 23.9 Å². The van der Waals surface area contributed by atoms with Gasteiger partial charge in [0.05, 0.1) is 17.9 Å². The quantitative estimate of drug-likeness (QED) is 0.202. The summed E-state index contributed by atoms with van der Waals surface area (Å²) in [7, 11) is 0. The minimum atomic E-state index is -1.18. The number of ketones is 1. The molecule has 0 radical (unpaired) electrons. The second-order valence-corrected chi connectivity index (χ2v) is 21.2. The summed E-state index contributed by atoms with van der Waals surface area (Å²) in [4.78, 5) is 52.3. The van der Waals surface area contributed by atoms with Crippen molar-refractivity contribution >= 4 is 23.6 Å². The predicted octanol–water partition coefficient (Wildman–Crippen LogP) is 8.83. The highest BCUT2D eigenvalue weighted by molar-refractivity contribution is 6.00. The minimum Gasteiger partial charge on any atom is -0.481 e. The highest BCUT2D eigenvalue weighted by atomic mass is 16.5. The van der Waals surface area contributed by atoms with Gasteiger partial charge in [0.25, 0.3) is 0 Å². The first-order valence-electron chi connectivity index (χ1n) is 21.2. The zero-order chi connectivity index (χ0) is 39.2. The molecule has 6 aliphatic rings. The van der Waals surface area contributed by atoms with E-state index < -0.39 is 28.9 Å². The Morgan fingerprint density at radius 2 is 1.49 bits per heavy atom. The third kappa shape index (κ3) is 5.90. The van der Waals surface area contributed by atoms with Crippen LogP contribution in [0, 0.1) is 61.6 Å². The van der Waals surface area contributed by atoms with E-state index in [2.05, 4.69) is 60.7 Å². The van der Waals surface area contributed by atoms with Gasteiger partial charge in [-0.3, -0.25) is 19.2 Å². The highest BCUT2D eigenvalue weighted by Gasteiger charge is 2.73. The molecule has 0 bridgehead atoms. The maximum Gasteiger partial charge on any atom is 0.309 e. The standard InChI is InChI=1S/C45H71NO7/c1-27(2)35-30(47)24-45(32(48)26-46-37(50)28-14-12-11-13-15-28)23-21-41(7)29(36(35)45)16-17-31-42(41,8)20-22-44(10)40(5,6)33(18-19-43(31,44)9)53-34(49)25-39(3,4)38(51)52/h27-29,31-33,48H,11-26H2,1-10H3,(H,46,50)(H,51,52). The molecule has 0 spiro atoms. The zero-order valence-electron chi connectivity index (χ0n) is 34.7. The van der Waals surface area contributed by atoms with E-state index in [1.807, 2.05) is 0 Å². The van der Waals surface area contributed by atoms with Crippen LogP contribution in [0.25, 0.3) is 0 Å². The Bertz CT molecular complexity index is 1540. The zero-order valence-corrected chi connectivity index (χ0v) is 34.7. The Balaban J connectivity index is 1.28. The van der Waals surface area contributed by atoms with Crippen LogP contribution in [0.15, 0.2) is 11.1 Å². The molecule has 5 fully saturated rings. The van der Waals surface area contributed by atoms with E-state index in [9.17, 15) is 29.4 Å². The summed E-state index contributed by atoms with van der Waals surface area (Å²) in [6, 6.07) is 0. The normalized spacial score (nSPS) is 40.5. The molecule has 9 unspecified atom stereocenters. The Hall–Kier alpha value is -2.22. The van der Waals surface area contributed by atoms with Crippen LogP contribution < -0.4 is 5.32 Å². The molecule has 9 atom stereocenters. The maximum atomic E-state index is 14.1. The lowest BCUT2D eigenvalue weighted by atomic mass is 9.29. The van der Waals surface area contributed by atoms with Crippen molar-refractivity contribution in [2.24, 2.45) is 61.6 Å². The number of rotatable bonds is 9. The van der Waals surface area contributed by atoms with Crippen molar-refractivity contribution in [2.75, 3.05) is 6.54 Å². The van der Waals surface area contributed by atoms with Gasteiger partial charge in [-0.15, -0.1) is 0 Å². The van der Waals surface area contributed by atoms with E-state index in [0.717, 1.165) is 82.6 Å². The maximum absolute atomic E-state index is 14.1. The second-order valence-electron chi connectivity index (χ2n) is 21.2. The van der Waals surface area contributed by atoms with Crippen molar-refractivity contribution in [1.29, 1.82) is 0 Å². The van der Waals surface area contributed by atoms with Crippen molar-refractivity contribution in [3.05, 3.63) is 11.1 Å². The number of amides is 1. The molecule has 0 aliphatic heterocycles. The van der Waals surface area contributed by atoms with Gasteiger partial charge < -0.3 is 20.3 Å². The third-order valence-electron chi connectivity index (χ3n) is 18.1. The summed E-state index contributed by atoms with van der Waals surface area (Å²) in [5.41, 5.74) is -0.148. The van der Waals surface area contributed by atoms with Gasteiger partial charge >= 0.3 is 11.9 Å². The lowest BCUT2D eigenvalue weighted by Crippen LogP contribution is -2.69. The first-order valence-corrected chi connectivity index (χ1v) is 21.2. The Labute approximate surface area is 319 Å². The predicted molar refractivity (Wildman–Crippen MR) is 206 cm³/mol. The van der Waals surface area contributed by atoms with Gasteiger partial charge in [0, 0.05) is 29.7 Å². The monoisotopic (exact) mass is 738 g/mol. The molecule has 0 saturated heterocycles. The average Bonchev–Trinajstić information content (AvgIpc) is 3.40. The van der Waals surface area contributed by atoms with E-state index >= 15 is 0 Å². The number of Topliss-reactive ketones (excluding diaryl/α,β-unsaturated/α-hetero) is 1. The largest absolute Gasteiger partial charge is 0.481 e. The van der Waals surface area contributed by atoms with Crippen LogP contribution in [0.1, 0.15) is 166 Å². The first kappa shape index (κ1) is 40.4. The van der Waals surface area contributed by atoms with Crippen LogP contribution >= 0.6 is 0 Å². The van der Waals surface area contributed by atoms with Crippen LogP contribution in [0.4, 0.5) is 0 Å². The number of carbonyl (C=O) groups excluding carboxylic acids is 3. The van der Waals surface area contributed by atoms with Gasteiger partial charge in [0.1, 0.15) is 6.10 Å². The molecule has 0 aromatic carbocycles. The summed E-state index contributed by atoms with van der Waals surface area (Å²) < 4.78 is 6.22. The molecular weight excluding hydrogens is 666 g/mol. The van der Waals surface area contributed by atoms with E-state index in [-0.39, 0.29) is 75.6 Å². The Morgan fingerprint density at radius 1 is 0.849 bits per heavy atom. The van der Waals surface area contributed by atoms with E-state index in [1.165, 1.54) is 12.0 Å². The molecule has 3 N–H and O–H groups in total. The smallest absolute Gasteiger partial charge is 0.309 e. The summed E-state index contributed by atoms with van der Waals surface area (Å²) in [5.74, 6) is -0.455. The van der Waals surface area contributed by atoms with Crippen LogP contribution in [-0.4, -0.2) is 52.6 Å². The van der Waals surface area contributed by atoms with E-state index in [1.54, 1.807) is 13.8 Å². The summed E-state index contributed by atoms with van der Waals surface area (Å²) >= 11 is 0. The minimum absolute atomic E-state index is 0.00230. The summed E-state index contributed by atoms with van der Waals surface area (Å²) in [5, 5.41) is 25.0. The number of hydrogen-bond donors (Lipinski definition) is 3. The lowest BCUT2D eigenvalue weighted by Gasteiger charge is -2.75. The topological polar surface area (TPSA) is 130 Å². The second kappa shape index (κ2) is 13.5. The lowest BCUT2D eigenvalue weighted by molar-refractivity contribution is -0.272. The molecule has 8 heteroatoms. The number of aliphatic carboxylic acids is 1. The molecule has 0 heterocycles. The summed E-state index contributed by atoms with van der Waals surface area (Å²) in [6.45, 7) is 22.2. The number of aliphatic hydroxyl groups excluding tert-OH is 1. The molecule has 8 nitrogen and oxygen atoms in total. The Kier molecular flexibility index (Phi) is 10.3. The van der Waals surface area contributed by atoms with E-state index in [4.69, 9.17) is 4.74 Å². The van der Waals surface area contributed by atoms with Gasteiger partial charge in [-0.2, -0.15) is 0 Å². The van der Waals surface area contributed by atoms with Crippen LogP contribution in [0.3, 0.4) is 0 Å². The van der Waals surface area contributed by atoms with Gasteiger partial charge in [-0.05, 0) is 123 Å². The highest BCUT2D eigenvalue weighted by Crippen LogP contribution is 2.79. The number of carboxylic acids is 1. The van der Waals surface area contributed by atoms with Gasteiger partial charge in [0.15, 0.2) is 5.78 Å². The average molecular weight is 738 g/mol. The number of allylic oxidation sites excluding steroid dienone is 1. The molecule has 1 amide bonds. The molecule has 6 rings (SSSR count). The molecule has 0 aromatic rings. The molecule has 298 valence electrons. The molecule has 5 saturated carbocycles. The third-order valence-corrected chi connectivity index (χ3v) is 18.1. The number of ether oxygens (including phenoxy) is 1. The number of nitrogens with one attached hydrogen (secondary N) is 1. The molecule has 0 aromatic heterocycles. The van der Waals surface area contributed by atoms with Gasteiger partial charge in [0.2, 0.25) is 5.91 Å². The molecule has 6 aliphatic carbocycles. The van der Waals surface area contributed by atoms with Crippen LogP contribution in [0.2, 0.25) is 0 Å². The number of carboxylic acid groups (broad SMARTS) is 1. The SMILES string of the molecule is CC(C)C1=C2C3CCC4C(C)(CCC5(C)C(C)(C)C(OC(=O)CC(C)(C)C(=O)O)CCC45C)C3(C)CCC2(C(O)CNC(=O)C2CCCCC2)CC1=O. The van der Waals surface area contributed by atoms with Crippen molar-refractivity contribution in [2.45, 2.75) is 178 Å². The fourth-order valence-electron chi connectivity index (χ4n) is 14.0. The number of hydrogen-bond acceptors (Lipinski definition) is 6.